The Labute approximate surface area is 252 Å². The molecule has 1 atom stereocenters. The average Bonchev–Trinajstić information content (AvgIpc) is 2.94. The smallest absolute Gasteiger partial charge is 0.244 e. The van der Waals surface area contributed by atoms with Crippen LogP contribution in [-0.2, 0) is 32.8 Å². The second-order valence-corrected chi connectivity index (χ2v) is 12.4. The molecule has 11 heteroatoms. The number of sulfonamides is 1. The number of anilines is 1. The van der Waals surface area contributed by atoms with Crippen LogP contribution in [-0.4, -0.2) is 50.5 Å². The normalized spacial score (nSPS) is 11.9. The van der Waals surface area contributed by atoms with Gasteiger partial charge < -0.3 is 15.0 Å². The van der Waals surface area contributed by atoms with Crippen molar-refractivity contribution in [2.75, 3.05) is 23.7 Å². The Hall–Kier alpha value is -3.27. The van der Waals surface area contributed by atoms with Crippen molar-refractivity contribution in [2.45, 2.75) is 45.9 Å². The molecule has 0 bridgehead atoms. The number of halogens is 2. The molecular formula is C30H35Cl2N3O5S. The lowest BCUT2D eigenvalue weighted by molar-refractivity contribution is -0.139. The average molecular weight is 621 g/mol. The molecule has 0 saturated carbocycles. The largest absolute Gasteiger partial charge is 0.489 e. The first-order valence-electron chi connectivity index (χ1n) is 13.2. The lowest BCUT2D eigenvalue weighted by Crippen LogP contribution is -2.51. The van der Waals surface area contributed by atoms with Crippen LogP contribution in [0.3, 0.4) is 0 Å². The molecule has 41 heavy (non-hydrogen) atoms. The molecule has 0 spiro atoms. The Kier molecular flexibility index (Phi) is 11.9. The molecule has 0 radical (unpaired) electrons. The van der Waals surface area contributed by atoms with E-state index in [2.05, 4.69) is 5.32 Å². The van der Waals surface area contributed by atoms with E-state index >= 15 is 0 Å². The van der Waals surface area contributed by atoms with Crippen molar-refractivity contribution < 1.29 is 22.7 Å². The number of carbonyl (C=O) groups is 2. The summed E-state index contributed by atoms with van der Waals surface area (Å²) >= 11 is 12.4. The fourth-order valence-electron chi connectivity index (χ4n) is 4.02. The van der Waals surface area contributed by atoms with Crippen molar-refractivity contribution in [1.82, 2.24) is 10.2 Å². The second kappa shape index (κ2) is 15.1. The van der Waals surface area contributed by atoms with Gasteiger partial charge in [-0.1, -0.05) is 72.9 Å². The van der Waals surface area contributed by atoms with Crippen LogP contribution in [0.1, 0.15) is 37.8 Å². The first kappa shape index (κ1) is 32.2. The highest BCUT2D eigenvalue weighted by Crippen LogP contribution is 2.25. The highest BCUT2D eigenvalue weighted by molar-refractivity contribution is 7.92. The van der Waals surface area contributed by atoms with Crippen LogP contribution in [0.2, 0.25) is 10.0 Å². The molecule has 2 amide bonds. The molecule has 0 fully saturated rings. The zero-order valence-electron chi connectivity index (χ0n) is 23.3. The third kappa shape index (κ3) is 9.66. The van der Waals surface area contributed by atoms with Crippen LogP contribution in [0.25, 0.3) is 0 Å². The Morgan fingerprint density at radius 2 is 1.68 bits per heavy atom. The van der Waals surface area contributed by atoms with Crippen molar-refractivity contribution in [2.24, 2.45) is 0 Å². The Morgan fingerprint density at radius 1 is 1.00 bits per heavy atom. The molecule has 3 rings (SSSR count). The van der Waals surface area contributed by atoms with Crippen molar-refractivity contribution >= 4 is 50.7 Å². The highest BCUT2D eigenvalue weighted by Gasteiger charge is 2.30. The SMILES string of the molecule is CCCCNC(=O)[C@H](C)N(Cc1ccc(Cl)cc1Cl)C(=O)CN(c1ccc(OCc2ccccc2)cc1)S(C)(=O)=O. The van der Waals surface area contributed by atoms with Gasteiger partial charge in [-0.2, -0.15) is 0 Å². The minimum Gasteiger partial charge on any atom is -0.489 e. The molecule has 0 heterocycles. The summed E-state index contributed by atoms with van der Waals surface area (Å²) in [4.78, 5) is 28.0. The summed E-state index contributed by atoms with van der Waals surface area (Å²) in [5, 5.41) is 3.61. The van der Waals surface area contributed by atoms with E-state index in [-0.39, 0.29) is 18.1 Å². The summed E-state index contributed by atoms with van der Waals surface area (Å²) in [6.45, 7) is 3.91. The molecular weight excluding hydrogens is 585 g/mol. The van der Waals surface area contributed by atoms with Crippen molar-refractivity contribution in [1.29, 1.82) is 0 Å². The summed E-state index contributed by atoms with van der Waals surface area (Å²) in [5.41, 5.74) is 1.86. The number of ether oxygens (including phenoxy) is 1. The maximum atomic E-state index is 13.7. The molecule has 0 aliphatic rings. The predicted octanol–water partition coefficient (Wildman–Crippen LogP) is 5.67. The van der Waals surface area contributed by atoms with Gasteiger partial charge in [0.25, 0.3) is 0 Å². The predicted molar refractivity (Wildman–Crippen MR) is 164 cm³/mol. The molecule has 0 aliphatic heterocycles. The van der Waals surface area contributed by atoms with Crippen LogP contribution in [0.4, 0.5) is 5.69 Å². The van der Waals surface area contributed by atoms with Gasteiger partial charge in [0.05, 0.1) is 11.9 Å². The van der Waals surface area contributed by atoms with Gasteiger partial charge in [0.1, 0.15) is 24.9 Å². The maximum absolute atomic E-state index is 13.7. The zero-order chi connectivity index (χ0) is 30.0. The maximum Gasteiger partial charge on any atom is 0.244 e. The number of carbonyl (C=O) groups excluding carboxylic acids is 2. The summed E-state index contributed by atoms with van der Waals surface area (Å²) in [7, 11) is -3.86. The van der Waals surface area contributed by atoms with Gasteiger partial charge in [0.2, 0.25) is 21.8 Å². The first-order valence-corrected chi connectivity index (χ1v) is 15.9. The van der Waals surface area contributed by atoms with Crippen LogP contribution in [0, 0.1) is 0 Å². The summed E-state index contributed by atoms with van der Waals surface area (Å²) in [6, 6.07) is 20.1. The van der Waals surface area contributed by atoms with E-state index in [1.165, 1.54) is 4.90 Å². The van der Waals surface area contributed by atoms with E-state index < -0.39 is 28.5 Å². The van der Waals surface area contributed by atoms with Crippen LogP contribution < -0.4 is 14.4 Å². The Balaban J connectivity index is 1.82. The lowest BCUT2D eigenvalue weighted by Gasteiger charge is -2.31. The number of amides is 2. The third-order valence-corrected chi connectivity index (χ3v) is 8.13. The molecule has 0 unspecified atom stereocenters. The van der Waals surface area contributed by atoms with E-state index in [1.54, 1.807) is 49.4 Å². The fourth-order valence-corrected chi connectivity index (χ4v) is 5.33. The Bertz CT molecular complexity index is 1420. The second-order valence-electron chi connectivity index (χ2n) is 9.62. The minimum atomic E-state index is -3.86. The topological polar surface area (TPSA) is 96.0 Å². The number of hydrogen-bond acceptors (Lipinski definition) is 5. The number of nitrogens with one attached hydrogen (secondary N) is 1. The van der Waals surface area contributed by atoms with Crippen LogP contribution in [0.15, 0.2) is 72.8 Å². The van der Waals surface area contributed by atoms with E-state index in [1.807, 2.05) is 37.3 Å². The lowest BCUT2D eigenvalue weighted by atomic mass is 10.1. The first-order chi connectivity index (χ1) is 19.5. The van der Waals surface area contributed by atoms with Gasteiger partial charge in [-0.3, -0.25) is 13.9 Å². The molecule has 0 aromatic heterocycles. The molecule has 8 nitrogen and oxygen atoms in total. The molecule has 3 aromatic rings. The quantitative estimate of drug-likeness (QED) is 0.234. The van der Waals surface area contributed by atoms with Gasteiger partial charge in [-0.25, -0.2) is 8.42 Å². The summed E-state index contributed by atoms with van der Waals surface area (Å²) in [5.74, 6) is -0.361. The van der Waals surface area contributed by atoms with Gasteiger partial charge in [0, 0.05) is 23.1 Å². The number of benzene rings is 3. The zero-order valence-corrected chi connectivity index (χ0v) is 25.7. The van der Waals surface area contributed by atoms with Crippen LogP contribution >= 0.6 is 23.2 Å². The van der Waals surface area contributed by atoms with Gasteiger partial charge >= 0.3 is 0 Å². The number of nitrogens with zero attached hydrogens (tertiary/aromatic N) is 2. The third-order valence-electron chi connectivity index (χ3n) is 6.40. The monoisotopic (exact) mass is 619 g/mol. The molecule has 1 N–H and O–H groups in total. The fraction of sp³-hybridized carbons (Fsp3) is 0.333. The van der Waals surface area contributed by atoms with Crippen molar-refractivity contribution in [3.63, 3.8) is 0 Å². The molecule has 0 aliphatic carbocycles. The standard InChI is InChI=1S/C30H35Cl2N3O5S/c1-4-5-17-33-30(37)22(2)34(19-24-11-12-25(31)18-28(24)32)29(36)20-35(41(3,38)39)26-13-15-27(16-14-26)40-21-23-9-7-6-8-10-23/h6-16,18,22H,4-5,17,19-21H2,1-3H3,(H,33,37)/t22-/m0/s1. The summed E-state index contributed by atoms with van der Waals surface area (Å²) < 4.78 is 32.5. The Morgan fingerprint density at radius 3 is 2.29 bits per heavy atom. The highest BCUT2D eigenvalue weighted by atomic mass is 35.5. The van der Waals surface area contributed by atoms with E-state index in [4.69, 9.17) is 27.9 Å². The van der Waals surface area contributed by atoms with E-state index in [0.717, 1.165) is 29.0 Å². The van der Waals surface area contributed by atoms with Gasteiger partial charge in [-0.15, -0.1) is 0 Å². The number of hydrogen-bond donors (Lipinski definition) is 1. The van der Waals surface area contributed by atoms with Crippen molar-refractivity contribution in [3.05, 3.63) is 94.0 Å². The molecule has 0 saturated heterocycles. The number of rotatable bonds is 14. The summed E-state index contributed by atoms with van der Waals surface area (Å²) in [6.07, 6.45) is 2.72. The molecule has 220 valence electrons. The molecule has 3 aromatic carbocycles. The van der Waals surface area contributed by atoms with E-state index in [0.29, 0.717) is 34.5 Å². The number of unbranched alkanes of at least 4 members (excludes halogenated alkanes) is 1. The van der Waals surface area contributed by atoms with Gasteiger partial charge in [-0.05, 0) is 60.9 Å². The van der Waals surface area contributed by atoms with Crippen molar-refractivity contribution in [3.8, 4) is 5.75 Å². The van der Waals surface area contributed by atoms with Crippen LogP contribution in [0.5, 0.6) is 5.75 Å². The van der Waals surface area contributed by atoms with Gasteiger partial charge in [0.15, 0.2) is 0 Å². The van der Waals surface area contributed by atoms with E-state index in [9.17, 15) is 18.0 Å². The minimum absolute atomic E-state index is 0.0128.